The van der Waals surface area contributed by atoms with Crippen molar-refractivity contribution < 1.29 is 9.21 Å². The molecule has 1 aromatic heterocycles. The van der Waals surface area contributed by atoms with Crippen LogP contribution in [0.5, 0.6) is 0 Å². The van der Waals surface area contributed by atoms with Gasteiger partial charge in [0.15, 0.2) is 0 Å². The van der Waals surface area contributed by atoms with Gasteiger partial charge in [0.05, 0.1) is 12.7 Å². The van der Waals surface area contributed by atoms with Crippen LogP contribution < -0.4 is 5.32 Å². The van der Waals surface area contributed by atoms with Gasteiger partial charge in [-0.25, -0.2) is 0 Å². The first-order valence-electron chi connectivity index (χ1n) is 8.29. The Hall–Kier alpha value is -1.52. The predicted molar refractivity (Wildman–Crippen MR) is 90.8 cm³/mol. The number of benzene rings is 1. The van der Waals surface area contributed by atoms with E-state index in [-0.39, 0.29) is 5.91 Å². The summed E-state index contributed by atoms with van der Waals surface area (Å²) >= 11 is 6.22. The number of aryl methyl sites for hydroxylation is 1. The maximum atomic E-state index is 12.7. The van der Waals surface area contributed by atoms with Crippen LogP contribution in [0.2, 0.25) is 5.02 Å². The standard InChI is InChI=1S/C18H21ClN2O2/c1-11-5-17-14(7-15(11)19)13(10-23-17)6-18(22)21-8-12-3-2-4-20-16(12)9-21/h5,7,10,12,16,20H,2-4,6,8-9H2,1H3/t12-,16+/m0/s1. The van der Waals surface area contributed by atoms with Gasteiger partial charge in [-0.2, -0.15) is 0 Å². The highest BCUT2D eigenvalue weighted by atomic mass is 35.5. The minimum absolute atomic E-state index is 0.181. The third-order valence-electron chi connectivity index (χ3n) is 5.23. The number of carbonyl (C=O) groups is 1. The summed E-state index contributed by atoms with van der Waals surface area (Å²) in [5.74, 6) is 0.798. The Balaban J connectivity index is 1.52. The first-order valence-corrected chi connectivity index (χ1v) is 8.67. The molecule has 3 heterocycles. The van der Waals surface area contributed by atoms with Crippen molar-refractivity contribution in [2.45, 2.75) is 32.2 Å². The zero-order valence-corrected chi connectivity index (χ0v) is 14.0. The molecule has 2 aliphatic rings. The number of halogens is 1. The van der Waals surface area contributed by atoms with Gasteiger partial charge in [-0.1, -0.05) is 11.6 Å². The van der Waals surface area contributed by atoms with E-state index >= 15 is 0 Å². The topological polar surface area (TPSA) is 45.5 Å². The molecule has 4 nitrogen and oxygen atoms in total. The highest BCUT2D eigenvalue weighted by Crippen LogP contribution is 2.29. The lowest BCUT2D eigenvalue weighted by molar-refractivity contribution is -0.129. The normalized spacial score (nSPS) is 24.2. The van der Waals surface area contributed by atoms with E-state index < -0.39 is 0 Å². The molecule has 2 aliphatic heterocycles. The number of fused-ring (bicyclic) bond motifs is 2. The Labute approximate surface area is 140 Å². The molecule has 1 amide bonds. The second-order valence-electron chi connectivity index (χ2n) is 6.80. The first kappa shape index (κ1) is 15.0. The van der Waals surface area contributed by atoms with Crippen molar-refractivity contribution >= 4 is 28.5 Å². The Morgan fingerprint density at radius 1 is 1.43 bits per heavy atom. The average molecular weight is 333 g/mol. The largest absolute Gasteiger partial charge is 0.464 e. The lowest BCUT2D eigenvalue weighted by Gasteiger charge is -2.24. The second kappa shape index (κ2) is 5.84. The molecule has 1 aromatic carbocycles. The summed E-state index contributed by atoms with van der Waals surface area (Å²) in [4.78, 5) is 14.7. The fraction of sp³-hybridized carbons (Fsp3) is 0.500. The molecule has 0 bridgehead atoms. The van der Waals surface area contributed by atoms with Gasteiger partial charge in [0.1, 0.15) is 5.58 Å². The van der Waals surface area contributed by atoms with Gasteiger partial charge in [0.2, 0.25) is 5.91 Å². The fourth-order valence-electron chi connectivity index (χ4n) is 3.86. The summed E-state index contributed by atoms with van der Waals surface area (Å²) in [5.41, 5.74) is 2.71. The quantitative estimate of drug-likeness (QED) is 0.919. The number of hydrogen-bond acceptors (Lipinski definition) is 3. The molecule has 2 fully saturated rings. The van der Waals surface area contributed by atoms with Gasteiger partial charge in [-0.3, -0.25) is 4.79 Å². The van der Waals surface area contributed by atoms with Crippen LogP contribution in [0.25, 0.3) is 11.0 Å². The highest BCUT2D eigenvalue weighted by Gasteiger charge is 2.36. The van der Waals surface area contributed by atoms with Gasteiger partial charge in [0.25, 0.3) is 0 Å². The number of rotatable bonds is 2. The molecule has 0 aliphatic carbocycles. The molecule has 0 unspecified atom stereocenters. The van der Waals surface area contributed by atoms with E-state index in [0.29, 0.717) is 23.4 Å². The molecule has 23 heavy (non-hydrogen) atoms. The summed E-state index contributed by atoms with van der Waals surface area (Å²) in [7, 11) is 0. The minimum Gasteiger partial charge on any atom is -0.464 e. The number of piperidine rings is 1. The van der Waals surface area contributed by atoms with E-state index in [9.17, 15) is 4.79 Å². The van der Waals surface area contributed by atoms with Crippen LogP contribution in [-0.4, -0.2) is 36.5 Å². The number of amides is 1. The number of carbonyl (C=O) groups excluding carboxylic acids is 1. The monoisotopic (exact) mass is 332 g/mol. The Morgan fingerprint density at radius 2 is 2.30 bits per heavy atom. The van der Waals surface area contributed by atoms with Crippen LogP contribution in [0.1, 0.15) is 24.0 Å². The zero-order valence-electron chi connectivity index (χ0n) is 13.3. The van der Waals surface area contributed by atoms with Gasteiger partial charge < -0.3 is 14.6 Å². The molecular weight excluding hydrogens is 312 g/mol. The molecule has 2 aromatic rings. The van der Waals surface area contributed by atoms with Gasteiger partial charge >= 0.3 is 0 Å². The predicted octanol–water partition coefficient (Wildman–Crippen LogP) is 3.15. The molecule has 0 spiro atoms. The number of furan rings is 1. The van der Waals surface area contributed by atoms with E-state index in [1.807, 2.05) is 24.0 Å². The van der Waals surface area contributed by atoms with Crippen molar-refractivity contribution in [2.75, 3.05) is 19.6 Å². The van der Waals surface area contributed by atoms with Crippen molar-refractivity contribution in [3.8, 4) is 0 Å². The zero-order chi connectivity index (χ0) is 16.0. The summed E-state index contributed by atoms with van der Waals surface area (Å²) in [6.45, 7) is 4.74. The number of nitrogens with zero attached hydrogens (tertiary/aromatic N) is 1. The number of hydrogen-bond donors (Lipinski definition) is 1. The molecule has 0 radical (unpaired) electrons. The van der Waals surface area contributed by atoms with Crippen LogP contribution in [0.4, 0.5) is 0 Å². The van der Waals surface area contributed by atoms with E-state index in [4.69, 9.17) is 16.0 Å². The SMILES string of the molecule is Cc1cc2occ(CC(=O)N3C[C@@H]4CCCN[C@@H]4C3)c2cc1Cl. The van der Waals surface area contributed by atoms with Gasteiger partial charge in [-0.05, 0) is 49.9 Å². The van der Waals surface area contributed by atoms with Crippen molar-refractivity contribution in [2.24, 2.45) is 5.92 Å². The summed E-state index contributed by atoms with van der Waals surface area (Å²) in [6.07, 6.45) is 4.52. The molecule has 0 saturated carbocycles. The Morgan fingerprint density at radius 3 is 3.13 bits per heavy atom. The summed E-state index contributed by atoms with van der Waals surface area (Å²) < 4.78 is 5.60. The van der Waals surface area contributed by atoms with Crippen LogP contribution >= 0.6 is 11.6 Å². The van der Waals surface area contributed by atoms with Crippen molar-refractivity contribution in [3.05, 3.63) is 34.5 Å². The Kier molecular flexibility index (Phi) is 3.82. The lowest BCUT2D eigenvalue weighted by atomic mass is 9.94. The third-order valence-corrected chi connectivity index (χ3v) is 5.64. The minimum atomic E-state index is 0.181. The second-order valence-corrected chi connectivity index (χ2v) is 7.20. The molecule has 5 heteroatoms. The van der Waals surface area contributed by atoms with Crippen molar-refractivity contribution in [1.29, 1.82) is 0 Å². The van der Waals surface area contributed by atoms with E-state index in [1.54, 1.807) is 6.26 Å². The molecule has 2 atom stereocenters. The van der Waals surface area contributed by atoms with E-state index in [1.165, 1.54) is 12.8 Å². The molecule has 122 valence electrons. The van der Waals surface area contributed by atoms with Crippen molar-refractivity contribution in [3.63, 3.8) is 0 Å². The third kappa shape index (κ3) is 2.74. The lowest BCUT2D eigenvalue weighted by Crippen LogP contribution is -2.41. The molecule has 2 saturated heterocycles. The van der Waals surface area contributed by atoms with Gasteiger partial charge in [-0.15, -0.1) is 0 Å². The molecular formula is C18H21ClN2O2. The van der Waals surface area contributed by atoms with Crippen LogP contribution in [0.15, 0.2) is 22.8 Å². The first-order chi connectivity index (χ1) is 11.1. The summed E-state index contributed by atoms with van der Waals surface area (Å²) in [5, 5.41) is 5.20. The van der Waals surface area contributed by atoms with Gasteiger partial charge in [0, 0.05) is 35.1 Å². The Bertz CT molecular complexity index is 741. The molecule has 1 N–H and O–H groups in total. The van der Waals surface area contributed by atoms with Crippen molar-refractivity contribution in [1.82, 2.24) is 10.2 Å². The smallest absolute Gasteiger partial charge is 0.227 e. The van der Waals surface area contributed by atoms with E-state index in [0.717, 1.165) is 41.7 Å². The number of nitrogens with one attached hydrogen (secondary N) is 1. The number of likely N-dealkylation sites (tertiary alicyclic amines) is 1. The average Bonchev–Trinajstić information content (AvgIpc) is 3.13. The van der Waals surface area contributed by atoms with E-state index in [2.05, 4.69) is 5.32 Å². The summed E-state index contributed by atoms with van der Waals surface area (Å²) in [6, 6.07) is 4.31. The highest BCUT2D eigenvalue weighted by molar-refractivity contribution is 6.32. The van der Waals surface area contributed by atoms with Crippen LogP contribution in [0, 0.1) is 12.8 Å². The fourth-order valence-corrected chi connectivity index (χ4v) is 4.03. The van der Waals surface area contributed by atoms with Crippen LogP contribution in [-0.2, 0) is 11.2 Å². The maximum Gasteiger partial charge on any atom is 0.227 e. The molecule has 4 rings (SSSR count). The maximum absolute atomic E-state index is 12.7. The van der Waals surface area contributed by atoms with Crippen LogP contribution in [0.3, 0.4) is 0 Å².